The normalized spacial score (nSPS) is 16.0. The summed E-state index contributed by atoms with van der Waals surface area (Å²) >= 11 is 1.41. The van der Waals surface area contributed by atoms with Gasteiger partial charge in [0.1, 0.15) is 0 Å². The van der Waals surface area contributed by atoms with Crippen LogP contribution < -0.4 is 5.73 Å². The molecule has 0 saturated carbocycles. The van der Waals surface area contributed by atoms with Crippen LogP contribution in [0.25, 0.3) is 0 Å². The molecule has 5 heteroatoms. The zero-order valence-electron chi connectivity index (χ0n) is 10.3. The van der Waals surface area contributed by atoms with E-state index in [0.29, 0.717) is 5.96 Å². The number of guanidine groups is 1. The van der Waals surface area contributed by atoms with Crippen molar-refractivity contribution in [2.75, 3.05) is 13.1 Å². The van der Waals surface area contributed by atoms with Crippen LogP contribution in [0.5, 0.6) is 0 Å². The van der Waals surface area contributed by atoms with E-state index in [1.165, 1.54) is 30.2 Å². The third-order valence-corrected chi connectivity index (χ3v) is 3.71. The summed E-state index contributed by atoms with van der Waals surface area (Å²) in [5.41, 5.74) is 7.07. The van der Waals surface area contributed by atoms with Gasteiger partial charge >= 0.3 is 0 Å². The van der Waals surface area contributed by atoms with Gasteiger partial charge in [-0.15, -0.1) is 0 Å². The van der Waals surface area contributed by atoms with E-state index in [9.17, 15) is 0 Å². The zero-order valence-corrected chi connectivity index (χ0v) is 11.1. The monoisotopic (exact) mass is 262 g/mol. The molecule has 0 unspecified atom stereocenters. The summed E-state index contributed by atoms with van der Waals surface area (Å²) in [5.74, 6) is 1.24. The van der Waals surface area contributed by atoms with E-state index in [1.54, 1.807) is 0 Å². The van der Waals surface area contributed by atoms with Gasteiger partial charge in [-0.25, -0.2) is 0 Å². The van der Waals surface area contributed by atoms with E-state index in [1.807, 2.05) is 35.2 Å². The van der Waals surface area contributed by atoms with Crippen LogP contribution in [0.15, 0.2) is 35.3 Å². The average molecular weight is 262 g/mol. The van der Waals surface area contributed by atoms with Crippen LogP contribution in [0.4, 0.5) is 0 Å². The van der Waals surface area contributed by atoms with Crippen molar-refractivity contribution in [3.8, 4) is 0 Å². The van der Waals surface area contributed by atoms with Crippen molar-refractivity contribution in [3.05, 3.63) is 35.9 Å². The molecule has 0 aromatic heterocycles. The van der Waals surface area contributed by atoms with Crippen LogP contribution in [0, 0.1) is 5.41 Å². The van der Waals surface area contributed by atoms with Gasteiger partial charge in [0.05, 0.1) is 0 Å². The van der Waals surface area contributed by atoms with Crippen LogP contribution in [0.1, 0.15) is 18.4 Å². The van der Waals surface area contributed by atoms with Crippen LogP contribution in [-0.2, 0) is 5.75 Å². The summed E-state index contributed by atoms with van der Waals surface area (Å²) < 4.78 is 0. The first-order valence-corrected chi connectivity index (χ1v) is 7.08. The number of hydrogen-bond acceptors (Lipinski definition) is 2. The molecule has 1 aromatic rings. The fourth-order valence-electron chi connectivity index (χ4n) is 1.88. The predicted molar refractivity (Wildman–Crippen MR) is 77.9 cm³/mol. The fourth-order valence-corrected chi connectivity index (χ4v) is 2.53. The third-order valence-electron chi connectivity index (χ3n) is 2.86. The van der Waals surface area contributed by atoms with Crippen LogP contribution in [-0.4, -0.2) is 29.1 Å². The molecule has 1 fully saturated rings. The van der Waals surface area contributed by atoms with Crippen molar-refractivity contribution in [3.63, 3.8) is 0 Å². The highest BCUT2D eigenvalue weighted by atomic mass is 32.2. The van der Waals surface area contributed by atoms with Crippen molar-refractivity contribution in [2.45, 2.75) is 18.6 Å². The van der Waals surface area contributed by atoms with E-state index in [4.69, 9.17) is 11.1 Å². The molecular formula is C13H18N4S. The molecule has 1 saturated heterocycles. The summed E-state index contributed by atoms with van der Waals surface area (Å²) in [6.45, 7) is 1.93. The Morgan fingerprint density at radius 1 is 1.28 bits per heavy atom. The van der Waals surface area contributed by atoms with Crippen molar-refractivity contribution in [1.29, 1.82) is 5.41 Å². The first-order chi connectivity index (χ1) is 8.75. The number of likely N-dealkylation sites (tertiary alicyclic amines) is 1. The molecule has 1 heterocycles. The average Bonchev–Trinajstić information content (AvgIpc) is 2.91. The summed E-state index contributed by atoms with van der Waals surface area (Å²) in [5, 5.41) is 8.08. The quantitative estimate of drug-likeness (QED) is 0.634. The maximum atomic E-state index is 7.80. The Kier molecular flexibility index (Phi) is 4.64. The van der Waals surface area contributed by atoms with Gasteiger partial charge in [-0.2, -0.15) is 4.99 Å². The molecule has 18 heavy (non-hydrogen) atoms. The number of nitrogens with zero attached hydrogens (tertiary/aromatic N) is 2. The van der Waals surface area contributed by atoms with E-state index in [2.05, 4.69) is 4.99 Å². The molecule has 0 radical (unpaired) electrons. The number of nitrogens with one attached hydrogen (secondary N) is 1. The van der Waals surface area contributed by atoms with E-state index < -0.39 is 0 Å². The minimum Gasteiger partial charge on any atom is -0.369 e. The molecular weight excluding hydrogens is 244 g/mol. The van der Waals surface area contributed by atoms with Gasteiger partial charge in [0.25, 0.3) is 0 Å². The lowest BCUT2D eigenvalue weighted by molar-refractivity contribution is 0.514. The second kappa shape index (κ2) is 6.44. The SMILES string of the molecule is N=C(/N=C(\N)N1CCCC1)SCc1ccccc1. The Hall–Kier alpha value is -1.49. The highest BCUT2D eigenvalue weighted by Crippen LogP contribution is 2.14. The lowest BCUT2D eigenvalue weighted by Gasteiger charge is -2.15. The molecule has 1 aliphatic rings. The van der Waals surface area contributed by atoms with Gasteiger partial charge < -0.3 is 10.6 Å². The smallest absolute Gasteiger partial charge is 0.198 e. The minimum atomic E-state index is 0.281. The van der Waals surface area contributed by atoms with Crippen molar-refractivity contribution < 1.29 is 0 Å². The molecule has 0 bridgehead atoms. The Morgan fingerprint density at radius 2 is 1.94 bits per heavy atom. The molecule has 0 atom stereocenters. The number of thioether (sulfide) groups is 1. The molecule has 0 amide bonds. The minimum absolute atomic E-state index is 0.281. The number of aliphatic imine (C=N–C) groups is 1. The van der Waals surface area contributed by atoms with Gasteiger partial charge in [0.2, 0.25) is 0 Å². The lowest BCUT2D eigenvalue weighted by atomic mass is 10.2. The van der Waals surface area contributed by atoms with Crippen LogP contribution >= 0.6 is 11.8 Å². The Labute approximate surface area is 112 Å². The Morgan fingerprint density at radius 3 is 2.61 bits per heavy atom. The standard InChI is InChI=1S/C13H18N4S/c14-12(17-8-4-5-9-17)16-13(15)18-10-11-6-2-1-3-7-11/h1-3,6-7H,4-5,8-10H2,(H3,14,15,16). The Bertz CT molecular complexity index is 424. The first-order valence-electron chi connectivity index (χ1n) is 6.10. The van der Waals surface area contributed by atoms with Crippen LogP contribution in [0.3, 0.4) is 0 Å². The molecule has 1 aliphatic heterocycles. The summed E-state index contributed by atoms with van der Waals surface area (Å²) in [6, 6.07) is 10.1. The zero-order chi connectivity index (χ0) is 12.8. The molecule has 3 N–H and O–H groups in total. The molecule has 96 valence electrons. The molecule has 2 rings (SSSR count). The molecule has 0 aliphatic carbocycles. The third kappa shape index (κ3) is 3.77. The molecule has 0 spiro atoms. The van der Waals surface area contributed by atoms with Gasteiger partial charge in [0.15, 0.2) is 11.1 Å². The lowest BCUT2D eigenvalue weighted by Crippen LogP contribution is -2.35. The van der Waals surface area contributed by atoms with Crippen molar-refractivity contribution in [2.24, 2.45) is 10.7 Å². The highest BCUT2D eigenvalue weighted by Gasteiger charge is 2.13. The van der Waals surface area contributed by atoms with Gasteiger partial charge in [0, 0.05) is 18.8 Å². The van der Waals surface area contributed by atoms with E-state index in [0.717, 1.165) is 18.8 Å². The number of benzene rings is 1. The maximum Gasteiger partial charge on any atom is 0.198 e. The summed E-state index contributed by atoms with van der Waals surface area (Å²) in [4.78, 5) is 6.18. The van der Waals surface area contributed by atoms with Crippen LogP contribution in [0.2, 0.25) is 0 Å². The number of nitrogens with two attached hydrogens (primary N) is 1. The van der Waals surface area contributed by atoms with E-state index >= 15 is 0 Å². The Balaban J connectivity index is 1.83. The first kappa shape index (κ1) is 13.0. The van der Waals surface area contributed by atoms with Crippen molar-refractivity contribution in [1.82, 2.24) is 4.90 Å². The maximum absolute atomic E-state index is 7.80. The van der Waals surface area contributed by atoms with Gasteiger partial charge in [-0.1, -0.05) is 42.1 Å². The second-order valence-electron chi connectivity index (χ2n) is 4.24. The number of rotatable bonds is 2. The number of hydrogen-bond donors (Lipinski definition) is 2. The topological polar surface area (TPSA) is 65.5 Å². The second-order valence-corrected chi connectivity index (χ2v) is 5.21. The van der Waals surface area contributed by atoms with Gasteiger partial charge in [-0.05, 0) is 18.4 Å². The van der Waals surface area contributed by atoms with Crippen molar-refractivity contribution >= 4 is 22.9 Å². The highest BCUT2D eigenvalue weighted by molar-refractivity contribution is 8.13. The van der Waals surface area contributed by atoms with E-state index in [-0.39, 0.29) is 5.17 Å². The van der Waals surface area contributed by atoms with Gasteiger partial charge in [-0.3, -0.25) is 5.41 Å². The number of amidine groups is 1. The predicted octanol–water partition coefficient (Wildman–Crippen LogP) is 2.27. The summed E-state index contributed by atoms with van der Waals surface area (Å²) in [6.07, 6.45) is 2.33. The molecule has 4 nitrogen and oxygen atoms in total. The summed E-state index contributed by atoms with van der Waals surface area (Å²) in [7, 11) is 0. The fraction of sp³-hybridized carbons (Fsp3) is 0.385. The largest absolute Gasteiger partial charge is 0.369 e. The molecule has 1 aromatic carbocycles.